The van der Waals surface area contributed by atoms with Crippen LogP contribution in [0.25, 0.3) is 11.1 Å². The van der Waals surface area contributed by atoms with Crippen LogP contribution >= 0.6 is 11.3 Å². The van der Waals surface area contributed by atoms with E-state index in [0.29, 0.717) is 5.56 Å². The van der Waals surface area contributed by atoms with Gasteiger partial charge in [-0.2, -0.15) is 11.3 Å². The number of nitrogens with two attached hydrogens (primary N) is 1. The molecule has 1 saturated heterocycles. The molecule has 1 amide bonds. The normalized spacial score (nSPS) is 15.8. The Morgan fingerprint density at radius 1 is 1.25 bits per heavy atom. The predicted molar refractivity (Wildman–Crippen MR) is 101 cm³/mol. The van der Waals surface area contributed by atoms with Gasteiger partial charge in [-0.3, -0.25) is 4.79 Å². The second-order valence-corrected chi connectivity index (χ2v) is 7.35. The van der Waals surface area contributed by atoms with E-state index in [1.165, 1.54) is 38.0 Å². The Bertz CT molecular complexity index is 697. The number of amides is 1. The molecule has 0 bridgehead atoms. The van der Waals surface area contributed by atoms with Gasteiger partial charge in [0, 0.05) is 30.0 Å². The molecule has 130 valence electrons. The average Bonchev–Trinajstić information content (AvgIpc) is 3.19. The summed E-state index contributed by atoms with van der Waals surface area (Å²) in [5.41, 5.74) is 10.8. The minimum atomic E-state index is -0.319. The van der Waals surface area contributed by atoms with Crippen molar-refractivity contribution in [3.05, 3.63) is 33.8 Å². The summed E-state index contributed by atoms with van der Waals surface area (Å²) in [4.78, 5) is 14.7. The van der Waals surface area contributed by atoms with Crippen molar-refractivity contribution in [2.45, 2.75) is 46.1 Å². The number of hydrogen-bond donors (Lipinski definition) is 1. The van der Waals surface area contributed by atoms with Crippen LogP contribution in [-0.4, -0.2) is 35.0 Å². The SMILES string of the molecule is CCc1c(-c2ccsc2)c(C(N)=O)c(C)n1CCN1CCCCC1. The number of likely N-dealkylation sites (tertiary alicyclic amines) is 1. The van der Waals surface area contributed by atoms with Crippen molar-refractivity contribution in [3.8, 4) is 11.1 Å². The molecule has 0 spiro atoms. The second kappa shape index (κ2) is 7.53. The fourth-order valence-corrected chi connectivity index (χ4v) is 4.56. The van der Waals surface area contributed by atoms with Crippen LogP contribution in [0.3, 0.4) is 0 Å². The highest BCUT2D eigenvalue weighted by Crippen LogP contribution is 2.34. The lowest BCUT2D eigenvalue weighted by atomic mass is 10.0. The molecule has 0 atom stereocenters. The largest absolute Gasteiger partial charge is 0.366 e. The fraction of sp³-hybridized carbons (Fsp3) is 0.526. The van der Waals surface area contributed by atoms with E-state index in [-0.39, 0.29) is 5.91 Å². The van der Waals surface area contributed by atoms with E-state index in [2.05, 4.69) is 33.2 Å². The third-order valence-corrected chi connectivity index (χ3v) is 5.79. The Morgan fingerprint density at radius 3 is 2.58 bits per heavy atom. The first kappa shape index (κ1) is 17.2. The summed E-state index contributed by atoms with van der Waals surface area (Å²) in [6.45, 7) is 8.56. The Labute approximate surface area is 148 Å². The molecule has 1 aliphatic rings. The Kier molecular flexibility index (Phi) is 5.41. The highest BCUT2D eigenvalue weighted by molar-refractivity contribution is 7.08. The van der Waals surface area contributed by atoms with Gasteiger partial charge in [0.2, 0.25) is 0 Å². The van der Waals surface area contributed by atoms with Gasteiger partial charge < -0.3 is 15.2 Å². The highest BCUT2D eigenvalue weighted by Gasteiger charge is 2.24. The van der Waals surface area contributed by atoms with Crippen LogP contribution in [0.15, 0.2) is 16.8 Å². The van der Waals surface area contributed by atoms with Crippen LogP contribution in [0.4, 0.5) is 0 Å². The molecule has 0 aliphatic carbocycles. The minimum Gasteiger partial charge on any atom is -0.366 e. The smallest absolute Gasteiger partial charge is 0.251 e. The van der Waals surface area contributed by atoms with E-state index in [4.69, 9.17) is 5.73 Å². The topological polar surface area (TPSA) is 51.3 Å². The van der Waals surface area contributed by atoms with E-state index in [9.17, 15) is 4.79 Å². The molecule has 0 aromatic carbocycles. The van der Waals surface area contributed by atoms with Gasteiger partial charge in [0.15, 0.2) is 0 Å². The van der Waals surface area contributed by atoms with Gasteiger partial charge in [-0.15, -0.1) is 0 Å². The molecule has 1 fully saturated rings. The summed E-state index contributed by atoms with van der Waals surface area (Å²) in [6.07, 6.45) is 4.86. The summed E-state index contributed by atoms with van der Waals surface area (Å²) >= 11 is 1.66. The van der Waals surface area contributed by atoms with Gasteiger partial charge in [0.05, 0.1) is 5.56 Å². The molecule has 2 N–H and O–H groups in total. The van der Waals surface area contributed by atoms with Gasteiger partial charge in [-0.25, -0.2) is 0 Å². The lowest BCUT2D eigenvalue weighted by Crippen LogP contribution is -2.33. The number of hydrogen-bond acceptors (Lipinski definition) is 3. The summed E-state index contributed by atoms with van der Waals surface area (Å²) in [5.74, 6) is -0.319. The lowest BCUT2D eigenvalue weighted by molar-refractivity contribution is 0.1000. The van der Waals surface area contributed by atoms with Crippen molar-refractivity contribution < 1.29 is 4.79 Å². The predicted octanol–water partition coefficient (Wildman–Crippen LogP) is 3.67. The zero-order chi connectivity index (χ0) is 17.1. The Morgan fingerprint density at radius 2 is 2.00 bits per heavy atom. The number of nitrogens with zero attached hydrogens (tertiary/aromatic N) is 2. The molecule has 3 rings (SSSR count). The number of carbonyl (C=O) groups excluding carboxylic acids is 1. The maximum absolute atomic E-state index is 12.1. The maximum Gasteiger partial charge on any atom is 0.251 e. The standard InChI is InChI=1S/C19H27N3OS/c1-3-16-18(15-7-12-24-13-15)17(19(20)23)14(2)22(16)11-10-21-8-5-4-6-9-21/h7,12-13H,3-6,8-11H2,1-2H3,(H2,20,23). The fourth-order valence-electron chi connectivity index (χ4n) is 3.91. The Balaban J connectivity index is 1.96. The van der Waals surface area contributed by atoms with Crippen LogP contribution in [0.5, 0.6) is 0 Å². The summed E-state index contributed by atoms with van der Waals surface area (Å²) in [5, 5.41) is 4.16. The highest BCUT2D eigenvalue weighted by atomic mass is 32.1. The molecule has 0 unspecified atom stereocenters. The molecular weight excluding hydrogens is 318 g/mol. The van der Waals surface area contributed by atoms with E-state index >= 15 is 0 Å². The van der Waals surface area contributed by atoms with Crippen LogP contribution in [-0.2, 0) is 13.0 Å². The molecule has 1 aliphatic heterocycles. The summed E-state index contributed by atoms with van der Waals surface area (Å²) in [7, 11) is 0. The second-order valence-electron chi connectivity index (χ2n) is 6.57. The molecular formula is C19H27N3OS. The van der Waals surface area contributed by atoms with E-state index in [1.807, 2.05) is 6.92 Å². The van der Waals surface area contributed by atoms with Crippen LogP contribution in [0.1, 0.15) is 47.9 Å². The van der Waals surface area contributed by atoms with Crippen LogP contribution in [0, 0.1) is 6.92 Å². The zero-order valence-electron chi connectivity index (χ0n) is 14.7. The first-order chi connectivity index (χ1) is 11.6. The van der Waals surface area contributed by atoms with Crippen molar-refractivity contribution in [3.63, 3.8) is 0 Å². The van der Waals surface area contributed by atoms with Crippen LogP contribution < -0.4 is 5.73 Å². The molecule has 0 saturated carbocycles. The molecule has 3 heterocycles. The number of primary amides is 1. The molecule has 5 heteroatoms. The van der Waals surface area contributed by atoms with Crippen molar-refractivity contribution in [2.24, 2.45) is 5.73 Å². The molecule has 24 heavy (non-hydrogen) atoms. The first-order valence-electron chi connectivity index (χ1n) is 8.90. The quantitative estimate of drug-likeness (QED) is 0.868. The molecule has 0 radical (unpaired) electrons. The molecule has 2 aromatic heterocycles. The number of piperidine rings is 1. The Hall–Kier alpha value is -1.59. The van der Waals surface area contributed by atoms with E-state index < -0.39 is 0 Å². The number of thiophene rings is 1. The number of rotatable bonds is 6. The van der Waals surface area contributed by atoms with Crippen molar-refractivity contribution >= 4 is 17.2 Å². The third kappa shape index (κ3) is 3.28. The first-order valence-corrected chi connectivity index (χ1v) is 9.84. The monoisotopic (exact) mass is 345 g/mol. The van der Waals surface area contributed by atoms with Crippen molar-refractivity contribution in [1.82, 2.24) is 9.47 Å². The maximum atomic E-state index is 12.1. The molecule has 2 aromatic rings. The molecule has 4 nitrogen and oxygen atoms in total. The number of carbonyl (C=O) groups is 1. The van der Waals surface area contributed by atoms with Crippen molar-refractivity contribution in [1.29, 1.82) is 0 Å². The average molecular weight is 346 g/mol. The van der Waals surface area contributed by atoms with Crippen molar-refractivity contribution in [2.75, 3.05) is 19.6 Å². The van der Waals surface area contributed by atoms with E-state index in [0.717, 1.165) is 36.3 Å². The number of aromatic nitrogens is 1. The summed E-state index contributed by atoms with van der Waals surface area (Å²) in [6, 6.07) is 2.08. The van der Waals surface area contributed by atoms with Gasteiger partial charge in [-0.1, -0.05) is 13.3 Å². The third-order valence-electron chi connectivity index (χ3n) is 5.11. The van der Waals surface area contributed by atoms with Gasteiger partial charge in [0.25, 0.3) is 5.91 Å². The van der Waals surface area contributed by atoms with Crippen LogP contribution in [0.2, 0.25) is 0 Å². The van der Waals surface area contributed by atoms with Gasteiger partial charge in [-0.05, 0) is 61.7 Å². The van der Waals surface area contributed by atoms with Gasteiger partial charge >= 0.3 is 0 Å². The lowest BCUT2D eigenvalue weighted by Gasteiger charge is -2.27. The van der Waals surface area contributed by atoms with E-state index in [1.54, 1.807) is 11.3 Å². The summed E-state index contributed by atoms with van der Waals surface area (Å²) < 4.78 is 2.32. The van der Waals surface area contributed by atoms with Gasteiger partial charge in [0.1, 0.15) is 0 Å². The minimum absolute atomic E-state index is 0.319. The zero-order valence-corrected chi connectivity index (χ0v) is 15.5.